The van der Waals surface area contributed by atoms with Gasteiger partial charge in [0.15, 0.2) is 11.5 Å². The second kappa shape index (κ2) is 6.13. The Labute approximate surface area is 160 Å². The van der Waals surface area contributed by atoms with Gasteiger partial charge in [-0.05, 0) is 62.1 Å². The molecule has 1 aromatic rings. The molecule has 3 fully saturated rings. The van der Waals surface area contributed by atoms with Crippen molar-refractivity contribution in [3.8, 4) is 17.2 Å². The number of likely N-dealkylation sites (tertiary alicyclic amines) is 1. The molecule has 5 heteroatoms. The van der Waals surface area contributed by atoms with Crippen molar-refractivity contribution < 1.29 is 19.7 Å². The number of ether oxygens (including phenoxy) is 1. The summed E-state index contributed by atoms with van der Waals surface area (Å²) in [5.74, 6) is 1.68. The van der Waals surface area contributed by atoms with Crippen LogP contribution in [0.3, 0.4) is 0 Å². The molecule has 3 aliphatic carbocycles. The minimum Gasteiger partial charge on any atom is -0.504 e. The lowest BCUT2D eigenvalue weighted by Crippen LogP contribution is -2.62. The van der Waals surface area contributed by atoms with Crippen LogP contribution in [0.5, 0.6) is 17.2 Å². The number of carbonyl (C=O) groups excluding carboxylic acids is 1. The van der Waals surface area contributed by atoms with E-state index in [0.29, 0.717) is 36.3 Å². The zero-order chi connectivity index (χ0) is 18.8. The van der Waals surface area contributed by atoms with Crippen LogP contribution in [-0.2, 0) is 16.6 Å². The van der Waals surface area contributed by atoms with Crippen LogP contribution in [0.15, 0.2) is 6.07 Å². The zero-order valence-electron chi connectivity index (χ0n) is 16.0. The highest BCUT2D eigenvalue weighted by atomic mass is 16.5. The van der Waals surface area contributed by atoms with Gasteiger partial charge in [0.25, 0.3) is 0 Å². The van der Waals surface area contributed by atoms with Gasteiger partial charge in [-0.25, -0.2) is 0 Å². The van der Waals surface area contributed by atoms with Crippen molar-refractivity contribution in [2.75, 3.05) is 20.2 Å². The fourth-order valence-electron chi connectivity index (χ4n) is 6.39. The molecule has 2 N–H and O–H groups in total. The molecule has 0 amide bonds. The third-order valence-electron chi connectivity index (χ3n) is 7.97. The van der Waals surface area contributed by atoms with E-state index in [4.69, 9.17) is 4.74 Å². The van der Waals surface area contributed by atoms with Crippen LogP contribution in [0, 0.1) is 11.8 Å². The number of carbonyl (C=O) groups is 1. The largest absolute Gasteiger partial charge is 0.504 e. The molecular weight excluding hydrogens is 342 g/mol. The van der Waals surface area contributed by atoms with Gasteiger partial charge in [0, 0.05) is 36.4 Å². The van der Waals surface area contributed by atoms with E-state index in [1.807, 2.05) is 6.07 Å². The van der Waals surface area contributed by atoms with Gasteiger partial charge >= 0.3 is 0 Å². The Kier molecular flexibility index (Phi) is 3.94. The standard InChI is InChI=1S/C22H29NO4/c1-27-19-10-17-15(20(25)21(19)26)9-18-16-6-5-14(24)11-22(16,17)7-8-23(18)12-13-3-2-4-13/h10,13,16,18,25-26H,2-9,11-12H2,1H3/t16-,18+,22-/m0/s1. The van der Waals surface area contributed by atoms with Crippen LogP contribution >= 0.6 is 0 Å². The highest BCUT2D eigenvalue weighted by Crippen LogP contribution is 2.58. The minimum absolute atomic E-state index is 0.0457. The molecule has 27 heavy (non-hydrogen) atoms. The van der Waals surface area contributed by atoms with E-state index in [-0.39, 0.29) is 16.9 Å². The number of Topliss-reactive ketones (excluding diaryl/α,β-unsaturated/α-hetero) is 1. The number of hydrogen-bond donors (Lipinski definition) is 2. The van der Waals surface area contributed by atoms with Gasteiger partial charge in [-0.2, -0.15) is 0 Å². The summed E-state index contributed by atoms with van der Waals surface area (Å²) in [7, 11) is 1.51. The molecule has 0 radical (unpaired) electrons. The maximum absolute atomic E-state index is 12.5. The Morgan fingerprint density at radius 3 is 2.78 bits per heavy atom. The maximum Gasteiger partial charge on any atom is 0.200 e. The summed E-state index contributed by atoms with van der Waals surface area (Å²) in [6, 6.07) is 2.26. The van der Waals surface area contributed by atoms with Gasteiger partial charge in [0.1, 0.15) is 5.78 Å². The number of fused-ring (bicyclic) bond motifs is 1. The fraction of sp³-hybridized carbons (Fsp3) is 0.682. The number of hydrogen-bond acceptors (Lipinski definition) is 5. The number of methoxy groups -OCH3 is 1. The number of benzene rings is 1. The third kappa shape index (κ3) is 2.43. The van der Waals surface area contributed by atoms with Crippen molar-refractivity contribution in [3.05, 3.63) is 17.2 Å². The first-order valence-electron chi connectivity index (χ1n) is 10.4. The van der Waals surface area contributed by atoms with Crippen molar-refractivity contribution >= 4 is 5.78 Å². The van der Waals surface area contributed by atoms with Gasteiger partial charge < -0.3 is 14.9 Å². The van der Waals surface area contributed by atoms with Crippen molar-refractivity contribution in [1.82, 2.24) is 4.90 Å². The van der Waals surface area contributed by atoms with Crippen LogP contribution in [0.1, 0.15) is 56.1 Å². The number of nitrogens with zero attached hydrogens (tertiary/aromatic N) is 1. The van der Waals surface area contributed by atoms with Gasteiger partial charge in [0.05, 0.1) is 7.11 Å². The average Bonchev–Trinajstić information content (AvgIpc) is 2.62. The van der Waals surface area contributed by atoms with E-state index in [0.717, 1.165) is 49.4 Å². The predicted octanol–water partition coefficient (Wildman–Crippen LogP) is 3.14. The number of rotatable bonds is 3. The molecule has 146 valence electrons. The normalized spacial score (nSPS) is 33.1. The van der Waals surface area contributed by atoms with Crippen molar-refractivity contribution in [2.24, 2.45) is 11.8 Å². The highest BCUT2D eigenvalue weighted by molar-refractivity contribution is 5.82. The molecule has 3 atom stereocenters. The topological polar surface area (TPSA) is 70.0 Å². The number of ketones is 1. The molecule has 0 spiro atoms. The van der Waals surface area contributed by atoms with Gasteiger partial charge in [-0.15, -0.1) is 0 Å². The summed E-state index contributed by atoms with van der Waals surface area (Å²) >= 11 is 0. The monoisotopic (exact) mass is 371 g/mol. The molecule has 4 aliphatic rings. The van der Waals surface area contributed by atoms with Crippen LogP contribution in [0.2, 0.25) is 0 Å². The average molecular weight is 371 g/mol. The number of piperidine rings is 1. The summed E-state index contributed by atoms with van der Waals surface area (Å²) in [6.07, 6.45) is 7.90. The van der Waals surface area contributed by atoms with Crippen LogP contribution < -0.4 is 4.74 Å². The molecule has 1 aliphatic heterocycles. The highest BCUT2D eigenvalue weighted by Gasteiger charge is 2.56. The van der Waals surface area contributed by atoms with E-state index in [1.54, 1.807) is 0 Å². The van der Waals surface area contributed by atoms with E-state index >= 15 is 0 Å². The second-order valence-electron chi connectivity index (χ2n) is 9.13. The molecular formula is C22H29NO4. The van der Waals surface area contributed by atoms with Gasteiger partial charge in [0.2, 0.25) is 5.75 Å². The molecule has 2 bridgehead atoms. The van der Waals surface area contributed by atoms with E-state index in [1.165, 1.54) is 26.4 Å². The lowest BCUT2D eigenvalue weighted by atomic mass is 9.52. The number of phenolic OH excluding ortho intramolecular Hbond substituents is 2. The molecule has 1 heterocycles. The summed E-state index contributed by atoms with van der Waals surface area (Å²) < 4.78 is 5.32. The number of phenols is 2. The predicted molar refractivity (Wildman–Crippen MR) is 101 cm³/mol. The lowest BCUT2D eigenvalue weighted by molar-refractivity contribution is -0.127. The first kappa shape index (κ1) is 17.4. The first-order chi connectivity index (χ1) is 13.0. The zero-order valence-corrected chi connectivity index (χ0v) is 16.0. The van der Waals surface area contributed by atoms with E-state index in [9.17, 15) is 15.0 Å². The Balaban J connectivity index is 1.61. The second-order valence-corrected chi connectivity index (χ2v) is 9.13. The molecule has 5 rings (SSSR count). The van der Waals surface area contributed by atoms with Crippen LogP contribution in [0.4, 0.5) is 0 Å². The molecule has 1 saturated heterocycles. The molecule has 2 saturated carbocycles. The molecule has 0 unspecified atom stereocenters. The Hall–Kier alpha value is -1.75. The van der Waals surface area contributed by atoms with E-state index in [2.05, 4.69) is 4.90 Å². The Bertz CT molecular complexity index is 787. The summed E-state index contributed by atoms with van der Waals surface area (Å²) in [4.78, 5) is 15.1. The lowest BCUT2D eigenvalue weighted by Gasteiger charge is -2.59. The summed E-state index contributed by atoms with van der Waals surface area (Å²) in [6.45, 7) is 2.16. The fourth-order valence-corrected chi connectivity index (χ4v) is 6.39. The molecule has 0 aromatic heterocycles. The van der Waals surface area contributed by atoms with Crippen LogP contribution in [-0.4, -0.2) is 47.1 Å². The van der Waals surface area contributed by atoms with Crippen molar-refractivity contribution in [1.29, 1.82) is 0 Å². The van der Waals surface area contributed by atoms with Crippen LogP contribution in [0.25, 0.3) is 0 Å². The Morgan fingerprint density at radius 2 is 2.07 bits per heavy atom. The quantitative estimate of drug-likeness (QED) is 0.799. The van der Waals surface area contributed by atoms with Gasteiger partial charge in [-0.1, -0.05) is 6.42 Å². The Morgan fingerprint density at radius 1 is 1.26 bits per heavy atom. The summed E-state index contributed by atoms with van der Waals surface area (Å²) in [5, 5.41) is 21.1. The van der Waals surface area contributed by atoms with Crippen molar-refractivity contribution in [3.63, 3.8) is 0 Å². The van der Waals surface area contributed by atoms with Gasteiger partial charge in [-0.3, -0.25) is 9.69 Å². The molecule has 1 aromatic carbocycles. The maximum atomic E-state index is 12.5. The SMILES string of the molecule is COc1cc2c(c(O)c1O)C[C@@H]1[C@@H]3CCC(=O)C[C@]23CCN1CC1CCC1. The third-order valence-corrected chi connectivity index (χ3v) is 7.97. The smallest absolute Gasteiger partial charge is 0.200 e. The first-order valence-corrected chi connectivity index (χ1v) is 10.4. The molecule has 5 nitrogen and oxygen atoms in total. The minimum atomic E-state index is -0.206. The van der Waals surface area contributed by atoms with E-state index < -0.39 is 0 Å². The summed E-state index contributed by atoms with van der Waals surface area (Å²) in [5.41, 5.74) is 1.68. The number of aromatic hydroxyl groups is 2. The van der Waals surface area contributed by atoms with Crippen molar-refractivity contribution in [2.45, 2.75) is 62.8 Å².